The quantitative estimate of drug-likeness (QED) is 0.834. The molecule has 110 valence electrons. The van der Waals surface area contributed by atoms with Crippen molar-refractivity contribution in [1.29, 1.82) is 0 Å². The lowest BCUT2D eigenvalue weighted by Crippen LogP contribution is -2.19. The van der Waals surface area contributed by atoms with Crippen molar-refractivity contribution >= 4 is 0 Å². The molecule has 0 saturated heterocycles. The van der Waals surface area contributed by atoms with Crippen LogP contribution in [-0.4, -0.2) is 6.54 Å². The lowest BCUT2D eigenvalue weighted by molar-refractivity contribution is 0.529. The van der Waals surface area contributed by atoms with Gasteiger partial charge >= 0.3 is 0 Å². The number of hydrogen-bond donors (Lipinski definition) is 1. The summed E-state index contributed by atoms with van der Waals surface area (Å²) >= 11 is 0. The van der Waals surface area contributed by atoms with Gasteiger partial charge in [-0.3, -0.25) is 0 Å². The van der Waals surface area contributed by atoms with Gasteiger partial charge in [-0.1, -0.05) is 43.3 Å². The molecule has 3 rings (SSSR count). The van der Waals surface area contributed by atoms with E-state index in [4.69, 9.17) is 0 Å². The van der Waals surface area contributed by atoms with Gasteiger partial charge in [-0.25, -0.2) is 0 Å². The molecule has 0 radical (unpaired) electrons. The normalized spacial score (nSPS) is 17.0. The summed E-state index contributed by atoms with van der Waals surface area (Å²) < 4.78 is 0. The van der Waals surface area contributed by atoms with Crippen LogP contribution in [0.15, 0.2) is 36.4 Å². The summed E-state index contributed by atoms with van der Waals surface area (Å²) in [5, 5.41) is 3.69. The van der Waals surface area contributed by atoms with Crippen molar-refractivity contribution in [3.8, 4) is 11.1 Å². The number of rotatable bonds is 4. The zero-order valence-corrected chi connectivity index (χ0v) is 13.4. The zero-order chi connectivity index (χ0) is 14.8. The molecule has 1 atom stereocenters. The van der Waals surface area contributed by atoms with Gasteiger partial charge in [0.05, 0.1) is 0 Å². The Morgan fingerprint density at radius 2 is 1.81 bits per heavy atom. The van der Waals surface area contributed by atoms with Crippen molar-refractivity contribution in [2.24, 2.45) is 0 Å². The second-order valence-corrected chi connectivity index (χ2v) is 6.17. The average Bonchev–Trinajstić information content (AvgIpc) is 2.91. The fraction of sp³-hybridized carbons (Fsp3) is 0.400. The highest BCUT2D eigenvalue weighted by molar-refractivity contribution is 5.73. The minimum atomic E-state index is 0.546. The molecule has 21 heavy (non-hydrogen) atoms. The van der Waals surface area contributed by atoms with Crippen molar-refractivity contribution in [2.75, 3.05) is 6.54 Å². The van der Waals surface area contributed by atoms with E-state index in [-0.39, 0.29) is 0 Å². The first kappa shape index (κ1) is 14.3. The van der Waals surface area contributed by atoms with Gasteiger partial charge in [0.2, 0.25) is 0 Å². The molecule has 1 N–H and O–H groups in total. The molecule has 0 aliphatic heterocycles. The Labute approximate surface area is 128 Å². The standard InChI is InChI=1S/C20H25N/c1-4-13-21-20-12-11-18-17(9-6-10-19(18)20)16-8-5-7-14(2)15(16)3/h5-10,20-21H,4,11-13H2,1-3H3. The molecule has 1 heteroatoms. The first-order valence-electron chi connectivity index (χ1n) is 8.14. The average molecular weight is 279 g/mol. The van der Waals surface area contributed by atoms with Gasteiger partial charge < -0.3 is 5.32 Å². The Kier molecular flexibility index (Phi) is 4.12. The van der Waals surface area contributed by atoms with Crippen LogP contribution >= 0.6 is 0 Å². The topological polar surface area (TPSA) is 12.0 Å². The van der Waals surface area contributed by atoms with Crippen molar-refractivity contribution in [3.05, 3.63) is 58.7 Å². The molecule has 0 saturated carbocycles. The van der Waals surface area contributed by atoms with E-state index in [1.807, 2.05) is 0 Å². The van der Waals surface area contributed by atoms with Crippen molar-refractivity contribution < 1.29 is 0 Å². The van der Waals surface area contributed by atoms with Crippen LogP contribution < -0.4 is 5.32 Å². The van der Waals surface area contributed by atoms with E-state index in [1.54, 1.807) is 5.56 Å². The summed E-state index contributed by atoms with van der Waals surface area (Å²) in [5.41, 5.74) is 8.71. The summed E-state index contributed by atoms with van der Waals surface area (Å²) in [4.78, 5) is 0. The maximum absolute atomic E-state index is 3.69. The zero-order valence-electron chi connectivity index (χ0n) is 13.4. The largest absolute Gasteiger partial charge is 0.310 e. The highest BCUT2D eigenvalue weighted by atomic mass is 14.9. The molecule has 1 aliphatic rings. The Bertz CT molecular complexity index is 642. The SMILES string of the molecule is CCCNC1CCc2c(-c3cccc(C)c3C)cccc21. The molecule has 0 aromatic heterocycles. The van der Waals surface area contributed by atoms with Crippen molar-refractivity contribution in [2.45, 2.75) is 46.1 Å². The summed E-state index contributed by atoms with van der Waals surface area (Å²) in [5.74, 6) is 0. The van der Waals surface area contributed by atoms with E-state index >= 15 is 0 Å². The Hall–Kier alpha value is -1.60. The maximum atomic E-state index is 3.69. The number of nitrogens with one attached hydrogen (secondary N) is 1. The second-order valence-electron chi connectivity index (χ2n) is 6.17. The van der Waals surface area contributed by atoms with Crippen LogP contribution in [-0.2, 0) is 6.42 Å². The van der Waals surface area contributed by atoms with E-state index in [0.717, 1.165) is 6.54 Å². The molecule has 0 fully saturated rings. The smallest absolute Gasteiger partial charge is 0.0326 e. The number of aryl methyl sites for hydroxylation is 1. The molecule has 0 bridgehead atoms. The molecule has 0 heterocycles. The van der Waals surface area contributed by atoms with Gasteiger partial charge in [0.1, 0.15) is 0 Å². The first-order valence-corrected chi connectivity index (χ1v) is 8.14. The summed E-state index contributed by atoms with van der Waals surface area (Å²) in [6, 6.07) is 14.0. The molecule has 0 spiro atoms. The van der Waals surface area contributed by atoms with E-state index < -0.39 is 0 Å². The molecule has 2 aromatic rings. The Morgan fingerprint density at radius 1 is 1.05 bits per heavy atom. The lowest BCUT2D eigenvalue weighted by Gasteiger charge is -2.16. The highest BCUT2D eigenvalue weighted by Crippen LogP contribution is 2.39. The predicted molar refractivity (Wildman–Crippen MR) is 90.7 cm³/mol. The van der Waals surface area contributed by atoms with Crippen LogP contribution in [0.25, 0.3) is 11.1 Å². The van der Waals surface area contributed by atoms with Crippen LogP contribution in [0.1, 0.15) is 48.1 Å². The van der Waals surface area contributed by atoms with Gasteiger partial charge in [0.25, 0.3) is 0 Å². The van der Waals surface area contributed by atoms with E-state index in [9.17, 15) is 0 Å². The number of hydrogen-bond acceptors (Lipinski definition) is 1. The fourth-order valence-electron chi connectivity index (χ4n) is 3.48. The van der Waals surface area contributed by atoms with Crippen molar-refractivity contribution in [3.63, 3.8) is 0 Å². The van der Waals surface area contributed by atoms with E-state index in [1.165, 1.54) is 47.1 Å². The van der Waals surface area contributed by atoms with Gasteiger partial charge in [-0.05, 0) is 73.0 Å². The molecular formula is C20H25N. The Balaban J connectivity index is 2.03. The molecule has 1 unspecified atom stereocenters. The third-order valence-electron chi connectivity index (χ3n) is 4.81. The third kappa shape index (κ3) is 2.63. The molecule has 1 nitrogen and oxygen atoms in total. The first-order chi connectivity index (χ1) is 10.2. The van der Waals surface area contributed by atoms with Crippen molar-refractivity contribution in [1.82, 2.24) is 5.32 Å². The third-order valence-corrected chi connectivity index (χ3v) is 4.81. The molecular weight excluding hydrogens is 254 g/mol. The van der Waals surface area contributed by atoms with Crippen LogP contribution in [0.4, 0.5) is 0 Å². The molecule has 0 amide bonds. The highest BCUT2D eigenvalue weighted by Gasteiger charge is 2.24. The lowest BCUT2D eigenvalue weighted by atomic mass is 9.92. The van der Waals surface area contributed by atoms with Gasteiger partial charge in [-0.2, -0.15) is 0 Å². The second kappa shape index (κ2) is 6.03. The molecule has 2 aromatic carbocycles. The predicted octanol–water partition coefficient (Wildman–Crippen LogP) is 4.96. The Morgan fingerprint density at radius 3 is 2.62 bits per heavy atom. The minimum Gasteiger partial charge on any atom is -0.310 e. The van der Waals surface area contributed by atoms with Crippen LogP contribution in [0.3, 0.4) is 0 Å². The maximum Gasteiger partial charge on any atom is 0.0326 e. The van der Waals surface area contributed by atoms with Gasteiger partial charge in [0, 0.05) is 6.04 Å². The van der Waals surface area contributed by atoms with Gasteiger partial charge in [-0.15, -0.1) is 0 Å². The summed E-state index contributed by atoms with van der Waals surface area (Å²) in [7, 11) is 0. The fourth-order valence-corrected chi connectivity index (χ4v) is 3.48. The van der Waals surface area contributed by atoms with E-state index in [0.29, 0.717) is 6.04 Å². The monoisotopic (exact) mass is 279 g/mol. The number of fused-ring (bicyclic) bond motifs is 1. The minimum absolute atomic E-state index is 0.546. The number of benzene rings is 2. The van der Waals surface area contributed by atoms with Crippen LogP contribution in [0.5, 0.6) is 0 Å². The van der Waals surface area contributed by atoms with E-state index in [2.05, 4.69) is 62.5 Å². The molecule has 1 aliphatic carbocycles. The van der Waals surface area contributed by atoms with Gasteiger partial charge in [0.15, 0.2) is 0 Å². The van der Waals surface area contributed by atoms with Crippen LogP contribution in [0.2, 0.25) is 0 Å². The summed E-state index contributed by atoms with van der Waals surface area (Å²) in [6.07, 6.45) is 3.62. The summed E-state index contributed by atoms with van der Waals surface area (Å²) in [6.45, 7) is 7.78. The van der Waals surface area contributed by atoms with Crippen LogP contribution in [0, 0.1) is 13.8 Å².